The molecule has 0 unspecified atom stereocenters. The van der Waals surface area contributed by atoms with Crippen molar-refractivity contribution in [2.45, 2.75) is 19.5 Å². The van der Waals surface area contributed by atoms with Gasteiger partial charge in [-0.15, -0.1) is 0 Å². The van der Waals surface area contributed by atoms with E-state index in [1.165, 1.54) is 6.07 Å². The zero-order valence-corrected chi connectivity index (χ0v) is 12.2. The van der Waals surface area contributed by atoms with Gasteiger partial charge in [-0.1, -0.05) is 6.07 Å². The Hall–Kier alpha value is -1.71. The van der Waals surface area contributed by atoms with Gasteiger partial charge in [-0.3, -0.25) is 4.68 Å². The number of nitrogens with zero attached hydrogens (tertiary/aromatic N) is 3. The molecule has 6 heteroatoms. The third kappa shape index (κ3) is 2.35. The molecule has 20 heavy (non-hydrogen) atoms. The van der Waals surface area contributed by atoms with Crippen molar-refractivity contribution in [2.24, 2.45) is 0 Å². The lowest BCUT2D eigenvalue weighted by molar-refractivity contribution is 0.580. The molecule has 2 aromatic rings. The molecule has 2 heterocycles. The Bertz CT molecular complexity index is 702. The molecule has 0 atom stereocenters. The summed E-state index contributed by atoms with van der Waals surface area (Å²) in [5.74, 6) is -0.279. The molecule has 1 aromatic heterocycles. The van der Waals surface area contributed by atoms with Gasteiger partial charge in [-0.2, -0.15) is 10.4 Å². The summed E-state index contributed by atoms with van der Waals surface area (Å²) in [6.07, 6.45) is 0.854. The lowest BCUT2D eigenvalue weighted by Crippen LogP contribution is -2.25. The first-order valence-corrected chi connectivity index (χ1v) is 7.11. The highest BCUT2D eigenvalue weighted by atomic mass is 79.9. The van der Waals surface area contributed by atoms with Crippen LogP contribution in [0.15, 0.2) is 22.7 Å². The van der Waals surface area contributed by atoms with Crippen LogP contribution >= 0.6 is 15.9 Å². The molecule has 102 valence electrons. The van der Waals surface area contributed by atoms with Crippen molar-refractivity contribution in [1.82, 2.24) is 15.1 Å². The van der Waals surface area contributed by atoms with Crippen molar-refractivity contribution in [1.29, 1.82) is 5.26 Å². The van der Waals surface area contributed by atoms with E-state index < -0.39 is 0 Å². The van der Waals surface area contributed by atoms with Crippen molar-refractivity contribution in [3.05, 3.63) is 51.0 Å². The van der Waals surface area contributed by atoms with Crippen molar-refractivity contribution in [2.75, 3.05) is 6.54 Å². The van der Waals surface area contributed by atoms with E-state index >= 15 is 0 Å². The summed E-state index contributed by atoms with van der Waals surface area (Å²) < 4.78 is 15.5. The van der Waals surface area contributed by atoms with E-state index in [0.29, 0.717) is 23.3 Å². The molecule has 3 rings (SSSR count). The maximum Gasteiger partial charge on any atom is 0.167 e. The predicted octanol–water partition coefficient (Wildman–Crippen LogP) is 2.35. The number of fused-ring (bicyclic) bond motifs is 1. The number of rotatable bonds is 2. The summed E-state index contributed by atoms with van der Waals surface area (Å²) in [7, 11) is 0. The van der Waals surface area contributed by atoms with Gasteiger partial charge in [-0.05, 0) is 33.6 Å². The van der Waals surface area contributed by atoms with E-state index in [4.69, 9.17) is 5.26 Å². The SMILES string of the molecule is N#Cc1nn(Cc2ccc(F)c(Br)c2)c2c1CNCC2. The summed E-state index contributed by atoms with van der Waals surface area (Å²) in [5.41, 5.74) is 3.51. The Labute approximate surface area is 124 Å². The fourth-order valence-corrected chi connectivity index (χ4v) is 2.88. The molecule has 4 nitrogen and oxygen atoms in total. The topological polar surface area (TPSA) is 53.6 Å². The van der Waals surface area contributed by atoms with E-state index in [9.17, 15) is 4.39 Å². The number of halogens is 2. The van der Waals surface area contributed by atoms with Crippen LogP contribution in [-0.4, -0.2) is 16.3 Å². The lowest BCUT2D eigenvalue weighted by Gasteiger charge is -2.15. The number of nitriles is 1. The third-order valence-electron chi connectivity index (χ3n) is 3.43. The van der Waals surface area contributed by atoms with E-state index in [1.54, 1.807) is 12.1 Å². The molecule has 0 radical (unpaired) electrons. The first kappa shape index (κ1) is 13.3. The number of hydrogen-bond acceptors (Lipinski definition) is 3. The van der Waals surface area contributed by atoms with Crippen molar-refractivity contribution < 1.29 is 4.39 Å². The molecule has 0 fully saturated rings. The van der Waals surface area contributed by atoms with Crippen molar-refractivity contribution in [3.8, 4) is 6.07 Å². The molecule has 0 aliphatic carbocycles. The molecule has 1 aromatic carbocycles. The summed E-state index contributed by atoms with van der Waals surface area (Å²) in [6, 6.07) is 7.06. The van der Waals surface area contributed by atoms with E-state index in [0.717, 1.165) is 29.8 Å². The Morgan fingerprint density at radius 2 is 2.35 bits per heavy atom. The highest BCUT2D eigenvalue weighted by molar-refractivity contribution is 9.10. The molecule has 1 aliphatic heterocycles. The van der Waals surface area contributed by atoms with Gasteiger partial charge in [0.15, 0.2) is 5.69 Å². The zero-order chi connectivity index (χ0) is 14.1. The van der Waals surface area contributed by atoms with Crippen LogP contribution in [0.25, 0.3) is 0 Å². The Kier molecular flexibility index (Phi) is 3.55. The smallest absolute Gasteiger partial charge is 0.167 e. The first-order valence-electron chi connectivity index (χ1n) is 6.32. The van der Waals surface area contributed by atoms with E-state index in [-0.39, 0.29) is 5.82 Å². The van der Waals surface area contributed by atoms with Gasteiger partial charge < -0.3 is 5.32 Å². The maximum absolute atomic E-state index is 13.2. The van der Waals surface area contributed by atoms with Crippen LogP contribution in [0, 0.1) is 17.1 Å². The van der Waals surface area contributed by atoms with E-state index in [1.807, 2.05) is 4.68 Å². The van der Waals surface area contributed by atoms with Crippen LogP contribution in [-0.2, 0) is 19.5 Å². The van der Waals surface area contributed by atoms with Crippen molar-refractivity contribution >= 4 is 15.9 Å². The minimum absolute atomic E-state index is 0.279. The fourth-order valence-electron chi connectivity index (χ4n) is 2.45. The minimum atomic E-state index is -0.279. The predicted molar refractivity (Wildman–Crippen MR) is 75.6 cm³/mol. The van der Waals surface area contributed by atoms with Crippen LogP contribution in [0.3, 0.4) is 0 Å². The monoisotopic (exact) mass is 334 g/mol. The third-order valence-corrected chi connectivity index (χ3v) is 4.04. The Morgan fingerprint density at radius 3 is 3.10 bits per heavy atom. The highest BCUT2D eigenvalue weighted by Crippen LogP contribution is 2.21. The van der Waals surface area contributed by atoms with Gasteiger partial charge in [0.25, 0.3) is 0 Å². The summed E-state index contributed by atoms with van der Waals surface area (Å²) in [5, 5.41) is 16.8. The molecule has 1 aliphatic rings. The summed E-state index contributed by atoms with van der Waals surface area (Å²) >= 11 is 3.19. The van der Waals surface area contributed by atoms with Crippen LogP contribution in [0.4, 0.5) is 4.39 Å². The first-order chi connectivity index (χ1) is 9.69. The Balaban J connectivity index is 1.96. The second-order valence-electron chi connectivity index (χ2n) is 4.72. The minimum Gasteiger partial charge on any atom is -0.312 e. The van der Waals surface area contributed by atoms with Crippen LogP contribution in [0.5, 0.6) is 0 Å². The molecular weight excluding hydrogens is 323 g/mol. The fraction of sp³-hybridized carbons (Fsp3) is 0.286. The zero-order valence-electron chi connectivity index (χ0n) is 10.7. The van der Waals surface area contributed by atoms with Gasteiger partial charge in [0.05, 0.1) is 11.0 Å². The molecule has 0 spiro atoms. The van der Waals surface area contributed by atoms with Gasteiger partial charge in [0.1, 0.15) is 11.9 Å². The van der Waals surface area contributed by atoms with Crippen molar-refractivity contribution in [3.63, 3.8) is 0 Å². The maximum atomic E-state index is 13.2. The summed E-state index contributed by atoms with van der Waals surface area (Å²) in [6.45, 7) is 2.12. The van der Waals surface area contributed by atoms with Gasteiger partial charge in [0.2, 0.25) is 0 Å². The normalized spacial score (nSPS) is 13.8. The molecule has 0 saturated heterocycles. The van der Waals surface area contributed by atoms with Crippen LogP contribution in [0.2, 0.25) is 0 Å². The Morgan fingerprint density at radius 1 is 1.50 bits per heavy atom. The molecule has 0 saturated carbocycles. The standard InChI is InChI=1S/C14H12BrFN4/c15-11-5-9(1-2-12(11)16)8-20-14-3-4-18-7-10(14)13(6-17)19-20/h1-2,5,18H,3-4,7-8H2. The molecule has 1 N–H and O–H groups in total. The van der Waals surface area contributed by atoms with Crippen LogP contribution in [0.1, 0.15) is 22.5 Å². The number of aromatic nitrogens is 2. The molecule has 0 amide bonds. The summed E-state index contributed by atoms with van der Waals surface area (Å²) in [4.78, 5) is 0. The van der Waals surface area contributed by atoms with Gasteiger partial charge >= 0.3 is 0 Å². The largest absolute Gasteiger partial charge is 0.312 e. The molecular formula is C14H12BrFN4. The number of nitrogens with one attached hydrogen (secondary N) is 1. The quantitative estimate of drug-likeness (QED) is 0.917. The lowest BCUT2D eigenvalue weighted by atomic mass is 10.1. The van der Waals surface area contributed by atoms with Gasteiger partial charge in [-0.25, -0.2) is 4.39 Å². The average Bonchev–Trinajstić information content (AvgIpc) is 2.81. The second kappa shape index (κ2) is 5.35. The number of benzene rings is 1. The molecule has 0 bridgehead atoms. The highest BCUT2D eigenvalue weighted by Gasteiger charge is 2.20. The van der Waals surface area contributed by atoms with E-state index in [2.05, 4.69) is 32.4 Å². The van der Waals surface area contributed by atoms with Gasteiger partial charge in [0, 0.05) is 30.8 Å². The second-order valence-corrected chi connectivity index (χ2v) is 5.57. The van der Waals surface area contributed by atoms with Crippen LogP contribution < -0.4 is 5.32 Å². The average molecular weight is 335 g/mol. The number of hydrogen-bond donors (Lipinski definition) is 1.